The van der Waals surface area contributed by atoms with Crippen LogP contribution in [0.15, 0.2) is 9.98 Å². The molecule has 0 N–H and O–H groups in total. The van der Waals surface area contributed by atoms with E-state index < -0.39 is 0 Å². The largest absolute Gasteiger partial charge is 0.235 e. The van der Waals surface area contributed by atoms with Gasteiger partial charge in [0.05, 0.1) is 12.1 Å². The summed E-state index contributed by atoms with van der Waals surface area (Å²) in [6.45, 7) is 1.98. The average molecular weight is 288 g/mol. The molecule has 3 aliphatic rings. The maximum Gasteiger partial charge on any atom is 0.235 e. The highest BCUT2D eigenvalue weighted by atomic mass is 16.1. The molecule has 0 aromatic carbocycles. The van der Waals surface area contributed by atoms with E-state index in [9.17, 15) is 9.59 Å². The second kappa shape index (κ2) is 5.87. The van der Waals surface area contributed by atoms with Gasteiger partial charge in [-0.2, -0.15) is 0 Å². The third-order valence-electron chi connectivity index (χ3n) is 6.45. The van der Waals surface area contributed by atoms with Crippen molar-refractivity contribution in [1.82, 2.24) is 0 Å². The summed E-state index contributed by atoms with van der Waals surface area (Å²) in [6.07, 6.45) is 13.1. The first-order chi connectivity index (χ1) is 10.2. The standard InChI is InChI=1S/C17H24N2O2/c1-12(18-10-20)4-3-7-17-8-14(16(9-17)19-11-21)13-5-2-6-15(13)17/h12-16H,2-9H2,1H3. The van der Waals surface area contributed by atoms with Gasteiger partial charge in [-0.3, -0.25) is 0 Å². The number of aliphatic imine (C=N–C) groups is 2. The van der Waals surface area contributed by atoms with Crippen LogP contribution in [0.2, 0.25) is 0 Å². The summed E-state index contributed by atoms with van der Waals surface area (Å²) in [5, 5.41) is 0. The maximum absolute atomic E-state index is 10.7. The van der Waals surface area contributed by atoms with Crippen LogP contribution in [0.1, 0.15) is 58.3 Å². The second-order valence-corrected chi connectivity index (χ2v) is 7.39. The highest BCUT2D eigenvalue weighted by Crippen LogP contribution is 2.67. The molecule has 0 saturated heterocycles. The van der Waals surface area contributed by atoms with E-state index in [4.69, 9.17) is 0 Å². The molecule has 0 radical (unpaired) electrons. The zero-order chi connectivity index (χ0) is 14.9. The summed E-state index contributed by atoms with van der Waals surface area (Å²) in [7, 11) is 0. The molecule has 3 rings (SSSR count). The molecule has 6 unspecified atom stereocenters. The Morgan fingerprint density at radius 1 is 1.19 bits per heavy atom. The fourth-order valence-electron chi connectivity index (χ4n) is 5.76. The lowest BCUT2D eigenvalue weighted by atomic mass is 9.68. The van der Waals surface area contributed by atoms with Crippen molar-refractivity contribution >= 4 is 12.2 Å². The van der Waals surface area contributed by atoms with Gasteiger partial charge in [0.1, 0.15) is 0 Å². The first-order valence-corrected chi connectivity index (χ1v) is 8.34. The van der Waals surface area contributed by atoms with E-state index in [0.29, 0.717) is 11.3 Å². The molecule has 0 spiro atoms. The van der Waals surface area contributed by atoms with Gasteiger partial charge in [-0.05, 0) is 68.6 Å². The van der Waals surface area contributed by atoms with E-state index in [1.165, 1.54) is 32.1 Å². The predicted octanol–water partition coefficient (Wildman–Crippen LogP) is 3.41. The van der Waals surface area contributed by atoms with Crippen molar-refractivity contribution in [2.45, 2.75) is 70.4 Å². The summed E-state index contributed by atoms with van der Waals surface area (Å²) < 4.78 is 0. The molecule has 3 aliphatic carbocycles. The second-order valence-electron chi connectivity index (χ2n) is 7.39. The predicted molar refractivity (Wildman–Crippen MR) is 79.3 cm³/mol. The number of isocyanates is 2. The number of fused-ring (bicyclic) bond motifs is 5. The van der Waals surface area contributed by atoms with Crippen LogP contribution in [0.4, 0.5) is 0 Å². The van der Waals surface area contributed by atoms with E-state index in [1.807, 2.05) is 6.92 Å². The smallest absolute Gasteiger partial charge is 0.211 e. The van der Waals surface area contributed by atoms with Crippen LogP contribution in [0.3, 0.4) is 0 Å². The van der Waals surface area contributed by atoms with Gasteiger partial charge in [0.25, 0.3) is 0 Å². The Balaban J connectivity index is 1.67. The summed E-state index contributed by atoms with van der Waals surface area (Å²) in [5.74, 6) is 2.28. The molecule has 3 fully saturated rings. The van der Waals surface area contributed by atoms with Crippen LogP contribution in [-0.4, -0.2) is 24.2 Å². The van der Waals surface area contributed by atoms with E-state index in [1.54, 1.807) is 12.2 Å². The van der Waals surface area contributed by atoms with Gasteiger partial charge in [-0.25, -0.2) is 19.6 Å². The van der Waals surface area contributed by atoms with Crippen LogP contribution in [0.5, 0.6) is 0 Å². The fraction of sp³-hybridized carbons (Fsp3) is 0.882. The molecule has 2 bridgehead atoms. The highest BCUT2D eigenvalue weighted by molar-refractivity contribution is 5.34. The number of hydrogen-bond donors (Lipinski definition) is 0. The number of nitrogens with zero attached hydrogens (tertiary/aromatic N) is 2. The lowest BCUT2D eigenvalue weighted by Gasteiger charge is -2.38. The Kier molecular flexibility index (Phi) is 4.10. The van der Waals surface area contributed by atoms with Crippen LogP contribution in [0, 0.1) is 23.2 Å². The minimum Gasteiger partial charge on any atom is -0.211 e. The molecule has 21 heavy (non-hydrogen) atoms. The Morgan fingerprint density at radius 2 is 2.05 bits per heavy atom. The minimum atomic E-state index is 0.0840. The molecule has 0 aromatic heterocycles. The fourth-order valence-corrected chi connectivity index (χ4v) is 5.76. The first kappa shape index (κ1) is 14.7. The highest BCUT2D eigenvalue weighted by Gasteiger charge is 2.61. The van der Waals surface area contributed by atoms with Crippen LogP contribution in [-0.2, 0) is 9.59 Å². The van der Waals surface area contributed by atoms with Crippen molar-refractivity contribution in [1.29, 1.82) is 0 Å². The SMILES string of the molecule is CC(CCCC12CC(N=C=O)C(C1)C1CCCC12)N=C=O. The van der Waals surface area contributed by atoms with Crippen LogP contribution >= 0.6 is 0 Å². The Labute approximate surface area is 126 Å². The van der Waals surface area contributed by atoms with Crippen molar-refractivity contribution in [3.8, 4) is 0 Å². The van der Waals surface area contributed by atoms with E-state index >= 15 is 0 Å². The quantitative estimate of drug-likeness (QED) is 0.555. The Bertz CT molecular complexity index is 493. The van der Waals surface area contributed by atoms with Crippen LogP contribution < -0.4 is 0 Å². The molecular formula is C17H24N2O2. The van der Waals surface area contributed by atoms with E-state index in [0.717, 1.165) is 31.1 Å². The van der Waals surface area contributed by atoms with Gasteiger partial charge in [0, 0.05) is 0 Å². The average Bonchev–Trinajstić information content (AvgIpc) is 3.10. The molecule has 0 aliphatic heterocycles. The van der Waals surface area contributed by atoms with E-state index in [-0.39, 0.29) is 12.1 Å². The molecule has 4 nitrogen and oxygen atoms in total. The van der Waals surface area contributed by atoms with Gasteiger partial charge in [-0.1, -0.05) is 12.8 Å². The normalized spacial score (nSPS) is 41.2. The summed E-state index contributed by atoms with van der Waals surface area (Å²) in [6, 6.07) is 0.313. The summed E-state index contributed by atoms with van der Waals surface area (Å²) in [4.78, 5) is 28.8. The summed E-state index contributed by atoms with van der Waals surface area (Å²) in [5.41, 5.74) is 0.404. The zero-order valence-electron chi connectivity index (χ0n) is 12.8. The molecule has 0 heterocycles. The van der Waals surface area contributed by atoms with Crippen LogP contribution in [0.25, 0.3) is 0 Å². The summed E-state index contributed by atoms with van der Waals surface area (Å²) >= 11 is 0. The minimum absolute atomic E-state index is 0.0840. The monoisotopic (exact) mass is 288 g/mol. The van der Waals surface area contributed by atoms with Gasteiger partial charge in [0.2, 0.25) is 12.2 Å². The van der Waals surface area contributed by atoms with Gasteiger partial charge < -0.3 is 0 Å². The lowest BCUT2D eigenvalue weighted by molar-refractivity contribution is 0.125. The molecule has 3 saturated carbocycles. The van der Waals surface area contributed by atoms with Crippen molar-refractivity contribution in [3.05, 3.63) is 0 Å². The van der Waals surface area contributed by atoms with Crippen molar-refractivity contribution in [2.75, 3.05) is 0 Å². The van der Waals surface area contributed by atoms with Crippen molar-refractivity contribution < 1.29 is 9.59 Å². The zero-order valence-corrected chi connectivity index (χ0v) is 12.8. The topological polar surface area (TPSA) is 58.9 Å². The Morgan fingerprint density at radius 3 is 2.81 bits per heavy atom. The molecule has 6 atom stereocenters. The van der Waals surface area contributed by atoms with Gasteiger partial charge in [0.15, 0.2) is 0 Å². The molecular weight excluding hydrogens is 264 g/mol. The maximum atomic E-state index is 10.7. The lowest BCUT2D eigenvalue weighted by Crippen LogP contribution is -2.33. The Hall–Kier alpha value is -1.24. The van der Waals surface area contributed by atoms with Crippen molar-refractivity contribution in [2.24, 2.45) is 33.2 Å². The number of rotatable bonds is 6. The van der Waals surface area contributed by atoms with Crippen molar-refractivity contribution in [3.63, 3.8) is 0 Å². The molecule has 114 valence electrons. The number of carbonyl (C=O) groups excluding carboxylic acids is 2. The number of hydrogen-bond acceptors (Lipinski definition) is 4. The first-order valence-electron chi connectivity index (χ1n) is 8.34. The van der Waals surface area contributed by atoms with Gasteiger partial charge >= 0.3 is 0 Å². The third kappa shape index (κ3) is 2.52. The molecule has 4 heteroatoms. The third-order valence-corrected chi connectivity index (χ3v) is 6.45. The molecule has 0 amide bonds. The molecule has 0 aromatic rings. The van der Waals surface area contributed by atoms with E-state index in [2.05, 4.69) is 9.98 Å². The van der Waals surface area contributed by atoms with Gasteiger partial charge in [-0.15, -0.1) is 0 Å².